The summed E-state index contributed by atoms with van der Waals surface area (Å²) < 4.78 is 4.23. The fourth-order valence-electron chi connectivity index (χ4n) is 0.214. The van der Waals surface area contributed by atoms with Gasteiger partial charge in [0.1, 0.15) is 6.73 Å². The van der Waals surface area contributed by atoms with E-state index in [1.54, 1.807) is 0 Å². The van der Waals surface area contributed by atoms with E-state index in [0.29, 0.717) is 0 Å². The summed E-state index contributed by atoms with van der Waals surface area (Å²) in [5, 5.41) is 8.26. The number of ether oxygens (including phenoxy) is 1. The van der Waals surface area contributed by atoms with Gasteiger partial charge in [-0.2, -0.15) is 0 Å². The van der Waals surface area contributed by atoms with E-state index in [-0.39, 0.29) is 6.73 Å². The van der Waals surface area contributed by atoms with Crippen LogP contribution in [0.15, 0.2) is 0 Å². The average Bonchev–Trinajstić information content (AvgIpc) is 1.84. The maximum Gasteiger partial charge on any atom is 0.411 e. The molecule has 0 saturated heterocycles. The first kappa shape index (κ1) is 7.23. The highest BCUT2D eigenvalue weighted by atomic mass is 16.5. The molecule has 0 bridgehead atoms. The lowest BCUT2D eigenvalue weighted by molar-refractivity contribution is 0.0898. The Kier molecular flexibility index (Phi) is 2.95. The minimum absolute atomic E-state index is 0.313. The van der Waals surface area contributed by atoms with Gasteiger partial charge in [0.05, 0.1) is 7.11 Å². The van der Waals surface area contributed by atoms with Gasteiger partial charge >= 0.3 is 6.09 Å². The van der Waals surface area contributed by atoms with Gasteiger partial charge in [0.15, 0.2) is 0 Å². The van der Waals surface area contributed by atoms with Crippen LogP contribution in [-0.2, 0) is 4.74 Å². The van der Waals surface area contributed by atoms with Crippen molar-refractivity contribution >= 4 is 6.09 Å². The van der Waals surface area contributed by atoms with E-state index in [1.165, 1.54) is 14.2 Å². The second-order valence-corrected chi connectivity index (χ2v) is 1.31. The van der Waals surface area contributed by atoms with Crippen LogP contribution in [0.25, 0.3) is 0 Å². The molecule has 0 aliphatic heterocycles. The third kappa shape index (κ3) is 1.79. The van der Waals surface area contributed by atoms with E-state index in [9.17, 15) is 4.79 Å². The number of nitrogens with zero attached hydrogens (tertiary/aromatic N) is 1. The van der Waals surface area contributed by atoms with Gasteiger partial charge in [-0.05, 0) is 0 Å². The Labute approximate surface area is 47.7 Å². The molecule has 0 fully saturated rings. The maximum atomic E-state index is 10.3. The SMILES string of the molecule is COC(=O)N(C)CO. The molecular weight excluding hydrogens is 110 g/mol. The second-order valence-electron chi connectivity index (χ2n) is 1.31. The second kappa shape index (κ2) is 3.26. The van der Waals surface area contributed by atoms with Gasteiger partial charge in [-0.3, -0.25) is 4.90 Å². The molecule has 0 aliphatic carbocycles. The summed E-state index contributed by atoms with van der Waals surface area (Å²) >= 11 is 0. The molecule has 0 spiro atoms. The standard InChI is InChI=1S/C4H9NO3/c1-5(3-6)4(7)8-2/h6H,3H2,1-2H3. The summed E-state index contributed by atoms with van der Waals surface area (Å²) in [6.45, 7) is -0.313. The molecular formula is C4H9NO3. The minimum Gasteiger partial charge on any atom is -0.453 e. The molecule has 0 rings (SSSR count). The predicted molar refractivity (Wildman–Crippen MR) is 27.3 cm³/mol. The first-order chi connectivity index (χ1) is 3.72. The van der Waals surface area contributed by atoms with Gasteiger partial charge in [0.25, 0.3) is 0 Å². The van der Waals surface area contributed by atoms with Crippen LogP contribution in [0.1, 0.15) is 0 Å². The monoisotopic (exact) mass is 119 g/mol. The number of methoxy groups -OCH3 is 1. The Bertz CT molecular complexity index is 83.4. The average molecular weight is 119 g/mol. The molecule has 0 heterocycles. The molecule has 1 N–H and O–H groups in total. The molecule has 0 aromatic rings. The summed E-state index contributed by atoms with van der Waals surface area (Å²) in [4.78, 5) is 11.3. The molecule has 0 saturated carbocycles. The lowest BCUT2D eigenvalue weighted by Gasteiger charge is -2.09. The molecule has 8 heavy (non-hydrogen) atoms. The molecule has 0 unspecified atom stereocenters. The van der Waals surface area contributed by atoms with Crippen molar-refractivity contribution in [3.05, 3.63) is 0 Å². The maximum absolute atomic E-state index is 10.3. The topological polar surface area (TPSA) is 49.8 Å². The van der Waals surface area contributed by atoms with Gasteiger partial charge in [-0.25, -0.2) is 4.79 Å². The lowest BCUT2D eigenvalue weighted by Crippen LogP contribution is -2.26. The molecule has 0 aliphatic rings. The number of hydrogen-bond acceptors (Lipinski definition) is 3. The molecule has 0 aromatic heterocycles. The van der Waals surface area contributed by atoms with Crippen LogP contribution in [0.4, 0.5) is 4.79 Å². The van der Waals surface area contributed by atoms with Crippen molar-refractivity contribution in [1.82, 2.24) is 4.90 Å². The third-order valence-corrected chi connectivity index (χ3v) is 0.698. The van der Waals surface area contributed by atoms with Crippen LogP contribution < -0.4 is 0 Å². The summed E-state index contributed by atoms with van der Waals surface area (Å²) in [6.07, 6.45) is -0.535. The largest absolute Gasteiger partial charge is 0.453 e. The summed E-state index contributed by atoms with van der Waals surface area (Å²) in [6, 6.07) is 0. The highest BCUT2D eigenvalue weighted by Crippen LogP contribution is 1.82. The number of hydrogen-bond donors (Lipinski definition) is 1. The van der Waals surface area contributed by atoms with Gasteiger partial charge in [0, 0.05) is 7.05 Å². The van der Waals surface area contributed by atoms with Crippen LogP contribution in [0, 0.1) is 0 Å². The third-order valence-electron chi connectivity index (χ3n) is 0.698. The number of amides is 1. The fraction of sp³-hybridized carbons (Fsp3) is 0.750. The lowest BCUT2D eigenvalue weighted by atomic mass is 10.9. The fourth-order valence-corrected chi connectivity index (χ4v) is 0.214. The zero-order chi connectivity index (χ0) is 6.57. The first-order valence-corrected chi connectivity index (χ1v) is 2.12. The van der Waals surface area contributed by atoms with E-state index < -0.39 is 6.09 Å². The van der Waals surface area contributed by atoms with Crippen LogP contribution in [-0.4, -0.2) is 37.0 Å². The predicted octanol–water partition coefficient (Wildman–Crippen LogP) is -0.366. The summed E-state index contributed by atoms with van der Waals surface area (Å²) in [5.41, 5.74) is 0. The molecule has 0 radical (unpaired) electrons. The molecule has 4 nitrogen and oxygen atoms in total. The van der Waals surface area contributed by atoms with Gasteiger partial charge in [-0.15, -0.1) is 0 Å². The highest BCUT2D eigenvalue weighted by Gasteiger charge is 2.03. The van der Waals surface area contributed by atoms with Crippen LogP contribution in [0.5, 0.6) is 0 Å². The number of aliphatic hydroxyl groups is 1. The Balaban J connectivity index is 3.46. The minimum atomic E-state index is -0.535. The molecule has 0 atom stereocenters. The number of carbonyl (C=O) groups excluding carboxylic acids is 1. The van der Waals surface area contributed by atoms with Gasteiger partial charge < -0.3 is 9.84 Å². The summed E-state index contributed by atoms with van der Waals surface area (Å²) in [7, 11) is 2.69. The van der Waals surface area contributed by atoms with E-state index in [1.807, 2.05) is 0 Å². The van der Waals surface area contributed by atoms with Crippen molar-refractivity contribution in [2.24, 2.45) is 0 Å². The first-order valence-electron chi connectivity index (χ1n) is 2.12. The smallest absolute Gasteiger partial charge is 0.411 e. The molecule has 48 valence electrons. The molecule has 4 heteroatoms. The van der Waals surface area contributed by atoms with Crippen molar-refractivity contribution in [3.63, 3.8) is 0 Å². The van der Waals surface area contributed by atoms with Gasteiger partial charge in [0.2, 0.25) is 0 Å². The highest BCUT2D eigenvalue weighted by molar-refractivity contribution is 5.66. The zero-order valence-corrected chi connectivity index (χ0v) is 4.92. The van der Waals surface area contributed by atoms with E-state index >= 15 is 0 Å². The van der Waals surface area contributed by atoms with Crippen LogP contribution in [0.2, 0.25) is 0 Å². The Morgan fingerprint density at radius 3 is 2.50 bits per heavy atom. The van der Waals surface area contributed by atoms with Crippen molar-refractivity contribution in [1.29, 1.82) is 0 Å². The van der Waals surface area contributed by atoms with Crippen molar-refractivity contribution in [2.45, 2.75) is 0 Å². The van der Waals surface area contributed by atoms with Crippen molar-refractivity contribution in [2.75, 3.05) is 20.9 Å². The number of aliphatic hydroxyl groups excluding tert-OH is 1. The Morgan fingerprint density at radius 2 is 2.38 bits per heavy atom. The van der Waals surface area contributed by atoms with E-state index in [4.69, 9.17) is 5.11 Å². The normalized spacial score (nSPS) is 8.38. The summed E-state index contributed by atoms with van der Waals surface area (Å²) in [5.74, 6) is 0. The van der Waals surface area contributed by atoms with Crippen molar-refractivity contribution in [3.8, 4) is 0 Å². The zero-order valence-electron chi connectivity index (χ0n) is 4.92. The van der Waals surface area contributed by atoms with Crippen molar-refractivity contribution < 1.29 is 14.6 Å². The van der Waals surface area contributed by atoms with E-state index in [2.05, 4.69) is 4.74 Å². The van der Waals surface area contributed by atoms with Crippen LogP contribution >= 0.6 is 0 Å². The molecule has 0 aromatic carbocycles. The molecule has 1 amide bonds. The van der Waals surface area contributed by atoms with Gasteiger partial charge in [-0.1, -0.05) is 0 Å². The number of carbonyl (C=O) groups is 1. The number of rotatable bonds is 1. The van der Waals surface area contributed by atoms with Crippen LogP contribution in [0.3, 0.4) is 0 Å². The quantitative estimate of drug-likeness (QED) is 0.479. The van der Waals surface area contributed by atoms with E-state index in [0.717, 1.165) is 4.90 Å². The Morgan fingerprint density at radius 1 is 1.88 bits per heavy atom. The Hall–Kier alpha value is -0.770.